The molecule has 4 aromatic rings. The largest absolute Gasteiger partial charge is 0.416 e. The Kier molecular flexibility index (Phi) is 7.08. The number of benzene rings is 2. The quantitative estimate of drug-likeness (QED) is 0.370. The second-order valence-electron chi connectivity index (χ2n) is 10.8. The second kappa shape index (κ2) is 10.4. The second-order valence-corrected chi connectivity index (χ2v) is 10.8. The van der Waals surface area contributed by atoms with E-state index in [-0.39, 0.29) is 23.1 Å². The number of carbonyl (C=O) groups excluding carboxylic acids is 1. The number of halogens is 3. The van der Waals surface area contributed by atoms with Crippen LogP contribution in [0.3, 0.4) is 0 Å². The first-order valence-electron chi connectivity index (χ1n) is 13.1. The Hall–Kier alpha value is -4.63. The summed E-state index contributed by atoms with van der Waals surface area (Å²) in [5, 5.41) is 16.5. The van der Waals surface area contributed by atoms with Gasteiger partial charge in [-0.15, -0.1) is 0 Å². The summed E-state index contributed by atoms with van der Waals surface area (Å²) in [6.07, 6.45) is -1.67. The predicted molar refractivity (Wildman–Crippen MR) is 146 cm³/mol. The molecule has 1 aliphatic heterocycles. The SMILES string of the molecule is Cc1c(-c2ccnn2-c2ccc(C#N)cc2)n(C(=O)NC2CC[N+](C)(C)CC2)c(=O)n1-c1cccc(C(F)(F)F)c1. The van der Waals surface area contributed by atoms with E-state index in [1.54, 1.807) is 37.3 Å². The molecule has 212 valence electrons. The monoisotopic (exact) mass is 564 g/mol. The van der Waals surface area contributed by atoms with Crippen molar-refractivity contribution < 1.29 is 22.4 Å². The third-order valence-corrected chi connectivity index (χ3v) is 7.54. The summed E-state index contributed by atoms with van der Waals surface area (Å²) in [4.78, 5) is 27.7. The Morgan fingerprint density at radius 1 is 1.07 bits per heavy atom. The number of aromatic nitrogens is 4. The number of hydrogen-bond donors (Lipinski definition) is 1. The van der Waals surface area contributed by atoms with Gasteiger partial charge in [0.25, 0.3) is 0 Å². The normalized spacial score (nSPS) is 15.4. The van der Waals surface area contributed by atoms with Crippen molar-refractivity contribution >= 4 is 6.03 Å². The van der Waals surface area contributed by atoms with E-state index in [4.69, 9.17) is 0 Å². The lowest BCUT2D eigenvalue weighted by molar-refractivity contribution is -0.895. The summed E-state index contributed by atoms with van der Waals surface area (Å²) in [6, 6.07) is 13.9. The summed E-state index contributed by atoms with van der Waals surface area (Å²) < 4.78 is 45.1. The molecule has 1 amide bonds. The van der Waals surface area contributed by atoms with Gasteiger partial charge in [-0.3, -0.25) is 4.57 Å². The zero-order chi connectivity index (χ0) is 29.5. The fourth-order valence-corrected chi connectivity index (χ4v) is 5.24. The van der Waals surface area contributed by atoms with Crippen molar-refractivity contribution in [3.63, 3.8) is 0 Å². The van der Waals surface area contributed by atoms with Gasteiger partial charge in [0.15, 0.2) is 0 Å². The summed E-state index contributed by atoms with van der Waals surface area (Å²) in [6.45, 7) is 3.28. The maximum absolute atomic E-state index is 13.9. The van der Waals surface area contributed by atoms with Gasteiger partial charge in [0.2, 0.25) is 0 Å². The molecule has 5 rings (SSSR count). The van der Waals surface area contributed by atoms with Crippen molar-refractivity contribution in [2.75, 3.05) is 27.2 Å². The number of amides is 1. The highest BCUT2D eigenvalue weighted by Gasteiger charge is 2.33. The van der Waals surface area contributed by atoms with Crippen LogP contribution in [0, 0.1) is 18.3 Å². The number of hydrogen-bond acceptors (Lipinski definition) is 4. The number of nitrogens with zero attached hydrogens (tertiary/aromatic N) is 6. The molecule has 41 heavy (non-hydrogen) atoms. The van der Waals surface area contributed by atoms with Crippen molar-refractivity contribution in [1.29, 1.82) is 5.26 Å². The van der Waals surface area contributed by atoms with Crippen molar-refractivity contribution in [1.82, 2.24) is 24.2 Å². The molecule has 12 heteroatoms. The average Bonchev–Trinajstić information content (AvgIpc) is 3.51. The summed E-state index contributed by atoms with van der Waals surface area (Å²) in [5.41, 5.74) is 0.129. The van der Waals surface area contributed by atoms with Crippen LogP contribution in [0.1, 0.15) is 29.7 Å². The molecule has 0 spiro atoms. The van der Waals surface area contributed by atoms with Gasteiger partial charge in [-0.25, -0.2) is 18.8 Å². The standard InChI is InChI=1S/C29H28F3N7O2/c1-19-26(25-11-14-34-38(25)23-9-7-20(18-33)8-10-23)37(27(40)35-22-12-15-39(2,3)16-13-22)28(41)36(19)24-6-4-5-21(17-24)29(30,31)32/h4-11,14,17,22H,12-13,15-16H2,1-3H3/p+1. The number of alkyl halides is 3. The molecule has 1 fully saturated rings. The number of nitriles is 1. The first-order valence-corrected chi connectivity index (χ1v) is 13.1. The van der Waals surface area contributed by atoms with E-state index >= 15 is 0 Å². The van der Waals surface area contributed by atoms with Crippen LogP contribution in [0.5, 0.6) is 0 Å². The molecule has 9 nitrogen and oxygen atoms in total. The van der Waals surface area contributed by atoms with Crippen LogP contribution in [-0.4, -0.2) is 62.7 Å². The van der Waals surface area contributed by atoms with Gasteiger partial charge >= 0.3 is 17.9 Å². The van der Waals surface area contributed by atoms with Crippen LogP contribution in [0.25, 0.3) is 22.8 Å². The minimum absolute atomic E-state index is 0.0173. The number of likely N-dealkylation sites (tertiary alicyclic amines) is 1. The molecular weight excluding hydrogens is 535 g/mol. The minimum Gasteiger partial charge on any atom is -0.334 e. The van der Waals surface area contributed by atoms with Crippen LogP contribution >= 0.6 is 0 Å². The molecular formula is C29H29F3N7O2+. The van der Waals surface area contributed by atoms with Gasteiger partial charge in [-0.2, -0.15) is 23.5 Å². The molecule has 1 saturated heterocycles. The fraction of sp³-hybridized carbons (Fsp3) is 0.310. The molecule has 1 N–H and O–H groups in total. The van der Waals surface area contributed by atoms with E-state index in [1.165, 1.54) is 23.0 Å². The van der Waals surface area contributed by atoms with Crippen LogP contribution < -0.4 is 11.0 Å². The molecule has 0 saturated carbocycles. The van der Waals surface area contributed by atoms with E-state index in [2.05, 4.69) is 30.6 Å². The zero-order valence-electron chi connectivity index (χ0n) is 22.8. The van der Waals surface area contributed by atoms with Crippen LogP contribution in [0.2, 0.25) is 0 Å². The smallest absolute Gasteiger partial charge is 0.334 e. The Bertz CT molecular complexity index is 1700. The number of carbonyl (C=O) groups is 1. The van der Waals surface area contributed by atoms with E-state index in [9.17, 15) is 28.0 Å². The Morgan fingerprint density at radius 2 is 1.76 bits per heavy atom. The fourth-order valence-electron chi connectivity index (χ4n) is 5.24. The van der Waals surface area contributed by atoms with Gasteiger partial charge in [0.1, 0.15) is 5.69 Å². The number of rotatable bonds is 4. The number of piperidine rings is 1. The van der Waals surface area contributed by atoms with Crippen molar-refractivity contribution in [2.45, 2.75) is 32.0 Å². The molecule has 0 bridgehead atoms. The van der Waals surface area contributed by atoms with E-state index in [0.29, 0.717) is 16.9 Å². The lowest BCUT2D eigenvalue weighted by atomic mass is 10.0. The molecule has 3 heterocycles. The average molecular weight is 565 g/mol. The predicted octanol–water partition coefficient (Wildman–Crippen LogP) is 4.49. The van der Waals surface area contributed by atoms with Gasteiger partial charge in [0.05, 0.1) is 73.3 Å². The Labute approximate surface area is 234 Å². The number of quaternary nitrogens is 1. The summed E-state index contributed by atoms with van der Waals surface area (Å²) in [7, 11) is 4.23. The van der Waals surface area contributed by atoms with Crippen molar-refractivity contribution in [3.05, 3.63) is 88.1 Å². The van der Waals surface area contributed by atoms with Crippen LogP contribution in [0.4, 0.5) is 18.0 Å². The number of nitrogens with one attached hydrogen (secondary N) is 1. The number of imidazole rings is 1. The lowest BCUT2D eigenvalue weighted by Gasteiger charge is -2.37. The summed E-state index contributed by atoms with van der Waals surface area (Å²) in [5.74, 6) is 0. The van der Waals surface area contributed by atoms with Crippen molar-refractivity contribution in [2.24, 2.45) is 0 Å². The maximum Gasteiger partial charge on any atom is 0.416 e. The van der Waals surface area contributed by atoms with Gasteiger partial charge in [0, 0.05) is 18.9 Å². The maximum atomic E-state index is 13.9. The molecule has 1 aliphatic rings. The van der Waals surface area contributed by atoms with E-state index in [1.807, 2.05) is 0 Å². The first-order chi connectivity index (χ1) is 19.4. The molecule has 2 aromatic carbocycles. The lowest BCUT2D eigenvalue weighted by Crippen LogP contribution is -2.53. The molecule has 0 aliphatic carbocycles. The zero-order valence-corrected chi connectivity index (χ0v) is 22.8. The molecule has 0 unspecified atom stereocenters. The molecule has 0 radical (unpaired) electrons. The highest BCUT2D eigenvalue weighted by molar-refractivity contribution is 5.83. The molecule has 2 aromatic heterocycles. The first kappa shape index (κ1) is 27.9. The topological polar surface area (TPSA) is 97.6 Å². The van der Waals surface area contributed by atoms with E-state index < -0.39 is 23.5 Å². The van der Waals surface area contributed by atoms with Gasteiger partial charge in [-0.05, 0) is 55.5 Å². The summed E-state index contributed by atoms with van der Waals surface area (Å²) >= 11 is 0. The highest BCUT2D eigenvalue weighted by Crippen LogP contribution is 2.32. The molecule has 0 atom stereocenters. The van der Waals surface area contributed by atoms with Crippen molar-refractivity contribution in [3.8, 4) is 28.8 Å². The van der Waals surface area contributed by atoms with E-state index in [0.717, 1.165) is 51.7 Å². The Balaban J connectivity index is 1.66. The minimum atomic E-state index is -4.61. The Morgan fingerprint density at radius 3 is 2.39 bits per heavy atom. The van der Waals surface area contributed by atoms with Gasteiger partial charge in [-0.1, -0.05) is 6.07 Å². The van der Waals surface area contributed by atoms with Gasteiger partial charge < -0.3 is 9.80 Å². The van der Waals surface area contributed by atoms with Crippen LogP contribution in [0.15, 0.2) is 65.6 Å². The third-order valence-electron chi connectivity index (χ3n) is 7.54. The van der Waals surface area contributed by atoms with Crippen LogP contribution in [-0.2, 0) is 6.18 Å². The third kappa shape index (κ3) is 5.40. The highest BCUT2D eigenvalue weighted by atomic mass is 19.4.